The van der Waals surface area contributed by atoms with E-state index in [4.69, 9.17) is 4.74 Å². The summed E-state index contributed by atoms with van der Waals surface area (Å²) < 4.78 is 5.60. The smallest absolute Gasteiger partial charge is 0.324 e. The Morgan fingerprint density at radius 3 is 2.34 bits per heavy atom. The van der Waals surface area contributed by atoms with Gasteiger partial charge in [0.15, 0.2) is 0 Å². The Bertz CT molecular complexity index is 1120. The van der Waals surface area contributed by atoms with Crippen LogP contribution >= 0.6 is 0 Å². The monoisotopic (exact) mass is 473 g/mol. The summed E-state index contributed by atoms with van der Waals surface area (Å²) in [6.45, 7) is 3.51. The normalized spacial score (nSPS) is 19.3. The summed E-state index contributed by atoms with van der Waals surface area (Å²) in [5, 5.41) is 0. The molecular formula is C28H35N5O2. The lowest BCUT2D eigenvalue weighted by atomic mass is 9.81. The van der Waals surface area contributed by atoms with Crippen LogP contribution in [0.4, 0.5) is 10.5 Å². The van der Waals surface area contributed by atoms with Crippen LogP contribution in [0, 0.1) is 6.92 Å². The maximum atomic E-state index is 14.0. The number of benzene rings is 2. The standard InChI is InChI=1S/C28H35N5O2/c1-22-29-19-25(20-30-22)33-17-10-15-28(31(2)3,24-12-6-5-7-13-24)16-18-32(27(33)34)21-23-11-8-9-14-26(23)35-4/h5-9,11-14,19-20H,10,15-18,21H2,1-4H3/t28-/m0/s1. The number of rotatable bonds is 6. The van der Waals surface area contributed by atoms with Gasteiger partial charge in [-0.1, -0.05) is 48.5 Å². The van der Waals surface area contributed by atoms with Crippen molar-refractivity contribution in [3.05, 3.63) is 83.9 Å². The zero-order valence-electron chi connectivity index (χ0n) is 21.1. The lowest BCUT2D eigenvalue weighted by molar-refractivity contribution is 0.111. The van der Waals surface area contributed by atoms with Crippen LogP contribution in [0.2, 0.25) is 0 Å². The number of amides is 2. The molecule has 3 aromatic rings. The van der Waals surface area contributed by atoms with Crippen molar-refractivity contribution in [2.24, 2.45) is 0 Å². The second-order valence-corrected chi connectivity index (χ2v) is 9.30. The predicted molar refractivity (Wildman–Crippen MR) is 139 cm³/mol. The van der Waals surface area contributed by atoms with E-state index in [0.717, 1.165) is 36.3 Å². The molecule has 0 saturated carbocycles. The number of hydrogen-bond acceptors (Lipinski definition) is 5. The summed E-state index contributed by atoms with van der Waals surface area (Å²) >= 11 is 0. The zero-order chi connectivity index (χ0) is 24.8. The van der Waals surface area contributed by atoms with Gasteiger partial charge in [-0.15, -0.1) is 0 Å². The highest BCUT2D eigenvalue weighted by Crippen LogP contribution is 2.37. The van der Waals surface area contributed by atoms with Gasteiger partial charge in [0.2, 0.25) is 0 Å². The topological polar surface area (TPSA) is 61.8 Å². The third-order valence-electron chi connectivity index (χ3n) is 7.07. The number of aromatic nitrogens is 2. The first-order chi connectivity index (χ1) is 16.9. The summed E-state index contributed by atoms with van der Waals surface area (Å²) in [5.74, 6) is 1.47. The minimum absolute atomic E-state index is 0.0361. The molecule has 1 aromatic heterocycles. The Morgan fingerprint density at radius 2 is 1.66 bits per heavy atom. The van der Waals surface area contributed by atoms with Gasteiger partial charge < -0.3 is 9.64 Å². The van der Waals surface area contributed by atoms with Crippen molar-refractivity contribution in [1.29, 1.82) is 0 Å². The van der Waals surface area contributed by atoms with Gasteiger partial charge >= 0.3 is 6.03 Å². The van der Waals surface area contributed by atoms with Gasteiger partial charge in [-0.2, -0.15) is 0 Å². The Labute approximate surface area is 208 Å². The molecule has 1 atom stereocenters. The highest BCUT2D eigenvalue weighted by atomic mass is 16.5. The maximum Gasteiger partial charge on any atom is 0.324 e. The fourth-order valence-electron chi connectivity index (χ4n) is 5.03. The van der Waals surface area contributed by atoms with Gasteiger partial charge in [-0.25, -0.2) is 14.8 Å². The number of nitrogens with zero attached hydrogens (tertiary/aromatic N) is 5. The molecule has 35 heavy (non-hydrogen) atoms. The molecule has 7 heteroatoms. The number of ether oxygens (including phenoxy) is 1. The fraction of sp³-hybridized carbons (Fsp3) is 0.393. The van der Waals surface area contributed by atoms with Crippen LogP contribution in [-0.2, 0) is 12.1 Å². The molecule has 184 valence electrons. The number of carbonyl (C=O) groups excluding carboxylic acids is 1. The Kier molecular flexibility index (Phi) is 7.66. The van der Waals surface area contributed by atoms with Crippen molar-refractivity contribution in [3.8, 4) is 5.75 Å². The molecule has 4 rings (SSSR count). The van der Waals surface area contributed by atoms with Crippen molar-refractivity contribution in [2.45, 2.75) is 38.3 Å². The van der Waals surface area contributed by atoms with Crippen molar-refractivity contribution in [2.75, 3.05) is 39.2 Å². The van der Waals surface area contributed by atoms with Crippen LogP contribution in [0.15, 0.2) is 67.0 Å². The van der Waals surface area contributed by atoms with Crippen molar-refractivity contribution >= 4 is 11.7 Å². The van der Waals surface area contributed by atoms with Crippen LogP contribution in [0.1, 0.15) is 36.2 Å². The lowest BCUT2D eigenvalue weighted by Crippen LogP contribution is -2.46. The minimum atomic E-state index is -0.180. The van der Waals surface area contributed by atoms with E-state index in [2.05, 4.69) is 59.3 Å². The Hall–Kier alpha value is -3.45. The van der Waals surface area contributed by atoms with E-state index in [0.29, 0.717) is 25.5 Å². The van der Waals surface area contributed by atoms with E-state index in [1.165, 1.54) is 5.56 Å². The van der Waals surface area contributed by atoms with E-state index >= 15 is 0 Å². The third-order valence-corrected chi connectivity index (χ3v) is 7.07. The van der Waals surface area contributed by atoms with Crippen molar-refractivity contribution in [1.82, 2.24) is 19.8 Å². The lowest BCUT2D eigenvalue weighted by Gasteiger charge is -2.41. The fourth-order valence-corrected chi connectivity index (χ4v) is 5.03. The SMILES string of the molecule is COc1ccccc1CN1CC[C@@](c2ccccc2)(N(C)C)CCCN(c2cnc(C)nc2)C1=O. The van der Waals surface area contributed by atoms with Gasteiger partial charge in [-0.05, 0) is 51.9 Å². The number of urea groups is 1. The first-order valence-electron chi connectivity index (χ1n) is 12.1. The number of methoxy groups -OCH3 is 1. The number of anilines is 1. The van der Waals surface area contributed by atoms with Gasteiger partial charge in [0.1, 0.15) is 11.6 Å². The van der Waals surface area contributed by atoms with Crippen LogP contribution in [0.5, 0.6) is 5.75 Å². The summed E-state index contributed by atoms with van der Waals surface area (Å²) in [6, 6.07) is 18.5. The molecule has 2 aromatic carbocycles. The quantitative estimate of drug-likeness (QED) is 0.512. The summed E-state index contributed by atoms with van der Waals surface area (Å²) in [6.07, 6.45) is 6.10. The van der Waals surface area contributed by atoms with Crippen LogP contribution < -0.4 is 9.64 Å². The van der Waals surface area contributed by atoms with Crippen LogP contribution in [0.3, 0.4) is 0 Å². The molecule has 1 aliphatic heterocycles. The van der Waals surface area contributed by atoms with Gasteiger partial charge in [0.25, 0.3) is 0 Å². The second-order valence-electron chi connectivity index (χ2n) is 9.30. The molecule has 0 N–H and O–H groups in total. The third kappa shape index (κ3) is 5.30. The highest BCUT2D eigenvalue weighted by Gasteiger charge is 2.37. The Balaban J connectivity index is 1.74. The summed E-state index contributed by atoms with van der Waals surface area (Å²) in [7, 11) is 5.95. The molecule has 0 radical (unpaired) electrons. The van der Waals surface area contributed by atoms with E-state index in [1.54, 1.807) is 19.5 Å². The molecule has 0 unspecified atom stereocenters. The second kappa shape index (κ2) is 10.9. The molecule has 0 aliphatic carbocycles. The van der Waals surface area contributed by atoms with E-state index < -0.39 is 0 Å². The maximum absolute atomic E-state index is 14.0. The largest absolute Gasteiger partial charge is 0.496 e. The molecule has 0 bridgehead atoms. The van der Waals surface area contributed by atoms with E-state index in [1.807, 2.05) is 41.0 Å². The van der Waals surface area contributed by atoms with Crippen molar-refractivity contribution in [3.63, 3.8) is 0 Å². The van der Waals surface area contributed by atoms with Gasteiger partial charge in [0, 0.05) is 24.2 Å². The number of aryl methyl sites for hydroxylation is 1. The molecule has 2 heterocycles. The van der Waals surface area contributed by atoms with Crippen LogP contribution in [0.25, 0.3) is 0 Å². The average Bonchev–Trinajstić information content (AvgIpc) is 2.95. The van der Waals surface area contributed by atoms with Gasteiger partial charge in [0.05, 0.1) is 31.7 Å². The molecule has 1 fully saturated rings. The van der Waals surface area contributed by atoms with E-state index in [9.17, 15) is 4.79 Å². The molecule has 2 amide bonds. The van der Waals surface area contributed by atoms with Gasteiger partial charge in [-0.3, -0.25) is 9.80 Å². The number of hydrogen-bond donors (Lipinski definition) is 0. The first kappa shape index (κ1) is 24.7. The van der Waals surface area contributed by atoms with Crippen LogP contribution in [-0.4, -0.2) is 60.1 Å². The Morgan fingerprint density at radius 1 is 0.971 bits per heavy atom. The highest BCUT2D eigenvalue weighted by molar-refractivity contribution is 5.91. The average molecular weight is 474 g/mol. The molecule has 7 nitrogen and oxygen atoms in total. The molecule has 0 spiro atoms. The van der Waals surface area contributed by atoms with E-state index in [-0.39, 0.29) is 11.6 Å². The number of para-hydroxylation sites is 1. The summed E-state index contributed by atoms with van der Waals surface area (Å²) in [5.41, 5.74) is 2.81. The molecule has 1 aliphatic rings. The van der Waals surface area contributed by atoms with Crippen molar-refractivity contribution < 1.29 is 9.53 Å². The first-order valence-corrected chi connectivity index (χ1v) is 12.1. The minimum Gasteiger partial charge on any atom is -0.496 e. The predicted octanol–water partition coefficient (Wildman–Crippen LogP) is 4.86. The molecule has 1 saturated heterocycles. The zero-order valence-corrected chi connectivity index (χ0v) is 21.1. The molecular weight excluding hydrogens is 438 g/mol. The number of carbonyl (C=O) groups is 1. The summed E-state index contributed by atoms with van der Waals surface area (Å²) in [4.78, 5) is 28.8.